The molecule has 6 nitrogen and oxygen atoms in total. The number of ether oxygens (including phenoxy) is 3. The summed E-state index contributed by atoms with van der Waals surface area (Å²) in [5, 5.41) is 0. The van der Waals surface area contributed by atoms with Crippen LogP contribution in [-0.2, 0) is 28.6 Å². The number of esters is 3. The van der Waals surface area contributed by atoms with E-state index >= 15 is 0 Å². The van der Waals surface area contributed by atoms with E-state index in [1.54, 1.807) is 6.92 Å². The number of terminal acetylenes is 1. The van der Waals surface area contributed by atoms with Gasteiger partial charge < -0.3 is 14.2 Å². The standard InChI is InChI=1S/C32H56O6/c1-5-8-10-12-14-16-18-20-22-24-29(33)37-27-32(4,31(35)36-26-7-3)28-38-30(34)25-23-21-19-17-15-13-11-9-6-2/h3H,5-6,8-28H2,1-2,4H3. The zero-order valence-corrected chi connectivity index (χ0v) is 24.8. The average Bonchev–Trinajstić information content (AvgIpc) is 2.91. The van der Waals surface area contributed by atoms with Crippen molar-refractivity contribution in [2.75, 3.05) is 19.8 Å². The van der Waals surface area contributed by atoms with E-state index in [-0.39, 0.29) is 31.8 Å². The molecule has 0 aliphatic rings. The van der Waals surface area contributed by atoms with Crippen LogP contribution in [0.15, 0.2) is 0 Å². The van der Waals surface area contributed by atoms with Crippen molar-refractivity contribution < 1.29 is 28.6 Å². The SMILES string of the molecule is C#CCOC(=O)C(C)(COC(=O)CCCCCCCCCCC)COC(=O)CCCCCCCCCCC. The highest BCUT2D eigenvalue weighted by Crippen LogP contribution is 2.22. The third kappa shape index (κ3) is 21.0. The van der Waals surface area contributed by atoms with E-state index in [2.05, 4.69) is 19.8 Å². The van der Waals surface area contributed by atoms with Gasteiger partial charge in [0.15, 0.2) is 6.61 Å². The maximum absolute atomic E-state index is 12.6. The topological polar surface area (TPSA) is 78.9 Å². The molecule has 0 rings (SSSR count). The molecule has 0 spiro atoms. The molecule has 0 radical (unpaired) electrons. The molecule has 0 aliphatic carbocycles. The van der Waals surface area contributed by atoms with E-state index < -0.39 is 11.4 Å². The molecular weight excluding hydrogens is 480 g/mol. The molecule has 0 saturated heterocycles. The van der Waals surface area contributed by atoms with Crippen molar-refractivity contribution in [2.45, 2.75) is 149 Å². The summed E-state index contributed by atoms with van der Waals surface area (Å²) in [6.45, 7) is 5.40. The highest BCUT2D eigenvalue weighted by Gasteiger charge is 2.38. The number of unbranched alkanes of at least 4 members (excludes halogenated alkanes) is 16. The summed E-state index contributed by atoms with van der Waals surface area (Å²) >= 11 is 0. The molecule has 0 unspecified atom stereocenters. The Kier molecular flexibility index (Phi) is 23.9. The quantitative estimate of drug-likeness (QED) is 0.0481. The second kappa shape index (κ2) is 25.3. The van der Waals surface area contributed by atoms with Crippen molar-refractivity contribution in [1.29, 1.82) is 0 Å². The van der Waals surface area contributed by atoms with Gasteiger partial charge in [-0.05, 0) is 19.8 Å². The van der Waals surface area contributed by atoms with Gasteiger partial charge in [-0.3, -0.25) is 14.4 Å². The van der Waals surface area contributed by atoms with Crippen molar-refractivity contribution in [3.05, 3.63) is 0 Å². The molecule has 0 saturated carbocycles. The van der Waals surface area contributed by atoms with Gasteiger partial charge in [-0.25, -0.2) is 0 Å². The van der Waals surface area contributed by atoms with Gasteiger partial charge in [0, 0.05) is 12.8 Å². The van der Waals surface area contributed by atoms with Crippen LogP contribution >= 0.6 is 0 Å². The molecule has 0 heterocycles. The van der Waals surface area contributed by atoms with Gasteiger partial charge in [0.1, 0.15) is 18.6 Å². The first-order chi connectivity index (χ1) is 18.4. The van der Waals surface area contributed by atoms with E-state index in [0.29, 0.717) is 12.8 Å². The second-order valence-electron chi connectivity index (χ2n) is 10.8. The van der Waals surface area contributed by atoms with E-state index in [1.165, 1.54) is 77.0 Å². The van der Waals surface area contributed by atoms with Crippen molar-refractivity contribution in [2.24, 2.45) is 5.41 Å². The highest BCUT2D eigenvalue weighted by atomic mass is 16.6. The first-order valence-electron chi connectivity index (χ1n) is 15.3. The van der Waals surface area contributed by atoms with Crippen LogP contribution < -0.4 is 0 Å². The Morgan fingerprint density at radius 1 is 0.579 bits per heavy atom. The second-order valence-corrected chi connectivity index (χ2v) is 10.8. The molecular formula is C32H56O6. The lowest BCUT2D eigenvalue weighted by atomic mass is 9.93. The van der Waals surface area contributed by atoms with Gasteiger partial charge in [0.2, 0.25) is 0 Å². The molecule has 38 heavy (non-hydrogen) atoms. The van der Waals surface area contributed by atoms with E-state index in [4.69, 9.17) is 20.6 Å². The fourth-order valence-corrected chi connectivity index (χ4v) is 4.22. The third-order valence-electron chi connectivity index (χ3n) is 6.85. The minimum absolute atomic E-state index is 0.187. The van der Waals surface area contributed by atoms with E-state index in [0.717, 1.165) is 38.5 Å². The predicted molar refractivity (Wildman–Crippen MR) is 154 cm³/mol. The molecule has 6 heteroatoms. The average molecular weight is 537 g/mol. The molecule has 0 bridgehead atoms. The van der Waals surface area contributed by atoms with Crippen LogP contribution in [0.1, 0.15) is 149 Å². The Bertz CT molecular complexity index is 613. The predicted octanol–water partition coefficient (Wildman–Crippen LogP) is 8.10. The van der Waals surface area contributed by atoms with Crippen molar-refractivity contribution in [3.63, 3.8) is 0 Å². The van der Waals surface area contributed by atoms with Crippen LogP contribution in [0.3, 0.4) is 0 Å². The maximum atomic E-state index is 12.6. The summed E-state index contributed by atoms with van der Waals surface area (Å²) in [5.74, 6) is 0.909. The highest BCUT2D eigenvalue weighted by molar-refractivity contribution is 5.78. The molecule has 0 fully saturated rings. The van der Waals surface area contributed by atoms with Crippen molar-refractivity contribution >= 4 is 17.9 Å². The van der Waals surface area contributed by atoms with Gasteiger partial charge in [-0.15, -0.1) is 6.42 Å². The largest absolute Gasteiger partial charge is 0.464 e. The van der Waals surface area contributed by atoms with Crippen LogP contribution in [0, 0.1) is 17.8 Å². The Morgan fingerprint density at radius 2 is 0.921 bits per heavy atom. The molecule has 0 amide bonds. The summed E-state index contributed by atoms with van der Waals surface area (Å²) in [7, 11) is 0. The normalized spacial score (nSPS) is 11.1. The lowest BCUT2D eigenvalue weighted by molar-refractivity contribution is -0.169. The first kappa shape index (κ1) is 36.0. The summed E-state index contributed by atoms with van der Waals surface area (Å²) in [6, 6.07) is 0. The van der Waals surface area contributed by atoms with E-state index in [9.17, 15) is 14.4 Å². The van der Waals surface area contributed by atoms with Gasteiger partial charge in [0.25, 0.3) is 0 Å². The van der Waals surface area contributed by atoms with Gasteiger partial charge in [0.05, 0.1) is 0 Å². The van der Waals surface area contributed by atoms with Crippen LogP contribution in [0.4, 0.5) is 0 Å². The third-order valence-corrected chi connectivity index (χ3v) is 6.85. The molecule has 0 atom stereocenters. The molecule has 220 valence electrons. The lowest BCUT2D eigenvalue weighted by Crippen LogP contribution is -2.40. The Morgan fingerprint density at radius 3 is 1.26 bits per heavy atom. The van der Waals surface area contributed by atoms with Crippen LogP contribution in [0.25, 0.3) is 0 Å². The summed E-state index contributed by atoms with van der Waals surface area (Å²) in [5.41, 5.74) is -1.29. The zero-order chi connectivity index (χ0) is 28.3. The van der Waals surface area contributed by atoms with Crippen LogP contribution in [0.5, 0.6) is 0 Å². The fourth-order valence-electron chi connectivity index (χ4n) is 4.22. The molecule has 0 aromatic rings. The van der Waals surface area contributed by atoms with Crippen LogP contribution in [0.2, 0.25) is 0 Å². The Labute approximate surface area is 233 Å². The number of hydrogen-bond acceptors (Lipinski definition) is 6. The first-order valence-corrected chi connectivity index (χ1v) is 15.3. The number of carbonyl (C=O) groups is 3. The number of carbonyl (C=O) groups excluding carboxylic acids is 3. The van der Waals surface area contributed by atoms with Gasteiger partial charge in [-0.1, -0.05) is 123 Å². The van der Waals surface area contributed by atoms with Gasteiger partial charge >= 0.3 is 17.9 Å². The number of hydrogen-bond donors (Lipinski definition) is 0. The number of rotatable bonds is 26. The van der Waals surface area contributed by atoms with Crippen molar-refractivity contribution in [3.8, 4) is 12.3 Å². The summed E-state index contributed by atoms with van der Waals surface area (Å²) in [4.78, 5) is 37.1. The summed E-state index contributed by atoms with van der Waals surface area (Å²) < 4.78 is 15.9. The Hall–Kier alpha value is -2.03. The maximum Gasteiger partial charge on any atom is 0.319 e. The molecule has 0 aliphatic heterocycles. The molecule has 0 aromatic heterocycles. The molecule has 0 aromatic carbocycles. The Balaban J connectivity index is 4.28. The zero-order valence-electron chi connectivity index (χ0n) is 24.8. The lowest BCUT2D eigenvalue weighted by Gasteiger charge is -2.26. The summed E-state index contributed by atoms with van der Waals surface area (Å²) in [6.07, 6.45) is 26.8. The van der Waals surface area contributed by atoms with Crippen LogP contribution in [-0.4, -0.2) is 37.7 Å². The smallest absolute Gasteiger partial charge is 0.319 e. The fraction of sp³-hybridized carbons (Fsp3) is 0.844. The van der Waals surface area contributed by atoms with Crippen molar-refractivity contribution in [1.82, 2.24) is 0 Å². The minimum Gasteiger partial charge on any atom is -0.464 e. The monoisotopic (exact) mass is 536 g/mol. The van der Waals surface area contributed by atoms with E-state index in [1.807, 2.05) is 0 Å². The molecule has 0 N–H and O–H groups in total. The van der Waals surface area contributed by atoms with Gasteiger partial charge in [-0.2, -0.15) is 0 Å². The minimum atomic E-state index is -1.29.